The molecule has 0 saturated carbocycles. The van der Waals surface area contributed by atoms with Crippen molar-refractivity contribution in [3.8, 4) is 0 Å². The lowest BCUT2D eigenvalue weighted by Crippen LogP contribution is -2.16. The maximum absolute atomic E-state index is 11.4. The minimum Gasteiger partial charge on any atom is -0.481 e. The normalized spacial score (nSPS) is 10.4. The zero-order valence-corrected chi connectivity index (χ0v) is 9.28. The number of hydrogen-bond acceptors (Lipinski definition) is 2. The van der Waals surface area contributed by atoms with E-state index < -0.39 is 18.3 Å². The number of nitrogens with one attached hydrogen (secondary N) is 2. The van der Waals surface area contributed by atoms with E-state index in [2.05, 4.69) is 10.3 Å². The quantitative estimate of drug-likeness (QED) is 0.707. The molecule has 1 aromatic carbocycles. The summed E-state index contributed by atoms with van der Waals surface area (Å²) in [7, 11) is 0. The third kappa shape index (κ3) is 2.28. The molecule has 0 saturated heterocycles. The summed E-state index contributed by atoms with van der Waals surface area (Å²) < 4.78 is 0. The third-order valence-corrected chi connectivity index (χ3v) is 2.47. The Morgan fingerprint density at radius 3 is 2.76 bits per heavy atom. The summed E-state index contributed by atoms with van der Waals surface area (Å²) in [6.45, 7) is 1.83. The molecule has 3 N–H and O–H groups in total. The van der Waals surface area contributed by atoms with Crippen LogP contribution in [0.25, 0.3) is 10.9 Å². The fourth-order valence-corrected chi connectivity index (χ4v) is 1.76. The highest BCUT2D eigenvalue weighted by molar-refractivity contribution is 6.07. The third-order valence-electron chi connectivity index (χ3n) is 2.47. The summed E-state index contributed by atoms with van der Waals surface area (Å²) in [6, 6.07) is 7.52. The monoisotopic (exact) mass is 232 g/mol. The van der Waals surface area contributed by atoms with Crippen molar-refractivity contribution in [2.24, 2.45) is 0 Å². The van der Waals surface area contributed by atoms with Crippen LogP contribution in [-0.4, -0.2) is 22.0 Å². The van der Waals surface area contributed by atoms with Gasteiger partial charge in [-0.1, -0.05) is 18.2 Å². The van der Waals surface area contributed by atoms with E-state index in [0.29, 0.717) is 5.69 Å². The van der Waals surface area contributed by atoms with Gasteiger partial charge in [-0.15, -0.1) is 0 Å². The molecular weight excluding hydrogens is 220 g/mol. The number of rotatable bonds is 3. The molecular formula is C12H12N2O3. The molecule has 2 rings (SSSR count). The first kappa shape index (κ1) is 11.2. The van der Waals surface area contributed by atoms with Gasteiger partial charge in [0.25, 0.3) is 0 Å². The maximum atomic E-state index is 11.4. The van der Waals surface area contributed by atoms with Gasteiger partial charge < -0.3 is 15.4 Å². The Hall–Kier alpha value is -2.30. The second kappa shape index (κ2) is 4.29. The lowest BCUT2D eigenvalue weighted by Gasteiger charge is -2.03. The van der Waals surface area contributed by atoms with Crippen molar-refractivity contribution in [3.63, 3.8) is 0 Å². The molecule has 5 nitrogen and oxygen atoms in total. The number of aromatic nitrogens is 1. The zero-order chi connectivity index (χ0) is 12.4. The van der Waals surface area contributed by atoms with E-state index in [1.54, 1.807) is 0 Å². The van der Waals surface area contributed by atoms with Crippen LogP contribution in [0.5, 0.6) is 0 Å². The first-order chi connectivity index (χ1) is 8.08. The van der Waals surface area contributed by atoms with Crippen molar-refractivity contribution in [1.29, 1.82) is 0 Å². The van der Waals surface area contributed by atoms with E-state index in [1.165, 1.54) is 0 Å². The molecule has 1 aromatic heterocycles. The number of carboxylic acid groups (broad SMARTS) is 1. The SMILES string of the molecule is Cc1[nH]c2ccccc2c1NC(=O)CC(=O)O. The number of aromatic amines is 1. The molecule has 1 amide bonds. The van der Waals surface area contributed by atoms with Crippen molar-refractivity contribution >= 4 is 28.5 Å². The molecule has 0 bridgehead atoms. The zero-order valence-electron chi connectivity index (χ0n) is 9.28. The number of carbonyl (C=O) groups is 2. The van der Waals surface area contributed by atoms with Gasteiger partial charge in [0.05, 0.1) is 5.69 Å². The Morgan fingerprint density at radius 1 is 1.35 bits per heavy atom. The molecule has 17 heavy (non-hydrogen) atoms. The maximum Gasteiger partial charge on any atom is 0.312 e. The van der Waals surface area contributed by atoms with Crippen LogP contribution in [0.3, 0.4) is 0 Å². The van der Waals surface area contributed by atoms with E-state index in [-0.39, 0.29) is 0 Å². The molecule has 2 aromatic rings. The minimum absolute atomic E-state index is 0.523. The average Bonchev–Trinajstić information content (AvgIpc) is 2.55. The van der Waals surface area contributed by atoms with E-state index in [1.807, 2.05) is 31.2 Å². The number of hydrogen-bond donors (Lipinski definition) is 3. The van der Waals surface area contributed by atoms with Crippen molar-refractivity contribution < 1.29 is 14.7 Å². The van der Waals surface area contributed by atoms with Crippen molar-refractivity contribution in [3.05, 3.63) is 30.0 Å². The molecule has 88 valence electrons. The standard InChI is InChI=1S/C12H12N2O3/c1-7-12(14-10(15)6-11(16)17)8-4-2-3-5-9(8)13-7/h2-5,13H,6H2,1H3,(H,14,15)(H,16,17). The summed E-state index contributed by atoms with van der Waals surface area (Å²) >= 11 is 0. The van der Waals surface area contributed by atoms with Crippen molar-refractivity contribution in [1.82, 2.24) is 4.98 Å². The topological polar surface area (TPSA) is 82.2 Å². The first-order valence-electron chi connectivity index (χ1n) is 5.17. The van der Waals surface area contributed by atoms with E-state index in [9.17, 15) is 9.59 Å². The Kier molecular flexibility index (Phi) is 2.82. The number of amides is 1. The molecule has 1 heterocycles. The van der Waals surface area contributed by atoms with Crippen LogP contribution in [0.15, 0.2) is 24.3 Å². The van der Waals surface area contributed by atoms with Crippen molar-refractivity contribution in [2.75, 3.05) is 5.32 Å². The predicted molar refractivity (Wildman–Crippen MR) is 63.9 cm³/mol. The number of carboxylic acids is 1. The van der Waals surface area contributed by atoms with Gasteiger partial charge in [-0.3, -0.25) is 9.59 Å². The van der Waals surface area contributed by atoms with E-state index in [0.717, 1.165) is 16.6 Å². The fourth-order valence-electron chi connectivity index (χ4n) is 1.76. The molecule has 0 aliphatic heterocycles. The van der Waals surface area contributed by atoms with Crippen LogP contribution in [-0.2, 0) is 9.59 Å². The molecule has 0 fully saturated rings. The predicted octanol–water partition coefficient (Wildman–Crippen LogP) is 1.89. The average molecular weight is 232 g/mol. The number of H-pyrrole nitrogens is 1. The van der Waals surface area contributed by atoms with Gasteiger partial charge in [0.2, 0.25) is 5.91 Å². The van der Waals surface area contributed by atoms with Gasteiger partial charge in [-0.2, -0.15) is 0 Å². The highest BCUT2D eigenvalue weighted by atomic mass is 16.4. The number of aryl methyl sites for hydroxylation is 1. The van der Waals surface area contributed by atoms with E-state index >= 15 is 0 Å². The highest BCUT2D eigenvalue weighted by Gasteiger charge is 2.13. The number of fused-ring (bicyclic) bond motifs is 1. The number of carbonyl (C=O) groups excluding carboxylic acids is 1. The van der Waals surface area contributed by atoms with Crippen LogP contribution in [0.4, 0.5) is 5.69 Å². The molecule has 0 atom stereocenters. The van der Waals surface area contributed by atoms with Crippen LogP contribution in [0.1, 0.15) is 12.1 Å². The van der Waals surface area contributed by atoms with Crippen molar-refractivity contribution in [2.45, 2.75) is 13.3 Å². The van der Waals surface area contributed by atoms with Gasteiger partial charge in [-0.25, -0.2) is 0 Å². The minimum atomic E-state index is -1.14. The Labute approximate surface area is 97.4 Å². The Bertz CT molecular complexity index is 586. The molecule has 0 radical (unpaired) electrons. The van der Waals surface area contributed by atoms with Gasteiger partial charge >= 0.3 is 5.97 Å². The summed E-state index contributed by atoms with van der Waals surface area (Å²) in [5.41, 5.74) is 2.37. The summed E-state index contributed by atoms with van der Waals surface area (Å²) in [4.78, 5) is 25.0. The summed E-state index contributed by atoms with van der Waals surface area (Å²) in [5, 5.41) is 12.0. The lowest BCUT2D eigenvalue weighted by atomic mass is 10.2. The molecule has 0 aliphatic rings. The smallest absolute Gasteiger partial charge is 0.312 e. The number of benzene rings is 1. The highest BCUT2D eigenvalue weighted by Crippen LogP contribution is 2.26. The second-order valence-corrected chi connectivity index (χ2v) is 3.79. The Morgan fingerprint density at radius 2 is 2.06 bits per heavy atom. The van der Waals surface area contributed by atoms with Gasteiger partial charge in [0.15, 0.2) is 0 Å². The lowest BCUT2D eigenvalue weighted by molar-refractivity contribution is -0.139. The van der Waals surface area contributed by atoms with Crippen LogP contribution in [0, 0.1) is 6.92 Å². The van der Waals surface area contributed by atoms with Crippen LogP contribution in [0.2, 0.25) is 0 Å². The first-order valence-corrected chi connectivity index (χ1v) is 5.17. The van der Waals surface area contributed by atoms with Gasteiger partial charge in [-0.05, 0) is 13.0 Å². The van der Waals surface area contributed by atoms with Gasteiger partial charge in [0, 0.05) is 16.6 Å². The fraction of sp³-hybridized carbons (Fsp3) is 0.167. The van der Waals surface area contributed by atoms with E-state index in [4.69, 9.17) is 5.11 Å². The number of aliphatic carboxylic acids is 1. The van der Waals surface area contributed by atoms with Crippen LogP contribution >= 0.6 is 0 Å². The molecule has 0 spiro atoms. The molecule has 0 unspecified atom stereocenters. The molecule has 0 aliphatic carbocycles. The number of para-hydroxylation sites is 1. The number of anilines is 1. The molecule has 5 heteroatoms. The largest absolute Gasteiger partial charge is 0.481 e. The van der Waals surface area contributed by atoms with Crippen LogP contribution < -0.4 is 5.32 Å². The Balaban J connectivity index is 2.32. The second-order valence-electron chi connectivity index (χ2n) is 3.79. The summed E-state index contributed by atoms with van der Waals surface area (Å²) in [5.74, 6) is -1.66. The summed E-state index contributed by atoms with van der Waals surface area (Å²) in [6.07, 6.45) is -0.529. The van der Waals surface area contributed by atoms with Gasteiger partial charge in [0.1, 0.15) is 6.42 Å².